The Morgan fingerprint density at radius 3 is 1.80 bits per heavy atom. The number of hydrogen-bond acceptors (Lipinski definition) is 2. The third-order valence-electron chi connectivity index (χ3n) is 9.14. The average Bonchev–Trinajstić information content (AvgIpc) is 3.04. The van der Waals surface area contributed by atoms with Crippen LogP contribution in [0, 0.1) is 6.92 Å². The van der Waals surface area contributed by atoms with Gasteiger partial charge in [0.1, 0.15) is 11.5 Å². The zero-order valence-electron chi connectivity index (χ0n) is 25.6. The summed E-state index contributed by atoms with van der Waals surface area (Å²) in [5, 5.41) is 0. The van der Waals surface area contributed by atoms with E-state index in [-0.39, 0.29) is 12.1 Å². The molecule has 0 bridgehead atoms. The van der Waals surface area contributed by atoms with Gasteiger partial charge in [0.2, 0.25) is 0 Å². The summed E-state index contributed by atoms with van der Waals surface area (Å²) in [6.45, 7) is 8.97. The molecule has 6 aromatic rings. The van der Waals surface area contributed by atoms with Gasteiger partial charge in [-0.05, 0) is 98.5 Å². The van der Waals surface area contributed by atoms with E-state index in [0.29, 0.717) is 0 Å². The van der Waals surface area contributed by atoms with E-state index in [1.54, 1.807) is 0 Å². The first-order chi connectivity index (χ1) is 21.4. The van der Waals surface area contributed by atoms with Crippen LogP contribution in [-0.4, -0.2) is 6.71 Å². The van der Waals surface area contributed by atoms with E-state index in [9.17, 15) is 0 Å². The first kappa shape index (κ1) is 26.6. The molecule has 6 aromatic carbocycles. The van der Waals surface area contributed by atoms with Crippen molar-refractivity contribution < 1.29 is 4.74 Å². The number of fused-ring (bicyclic) bond motifs is 4. The van der Waals surface area contributed by atoms with Crippen LogP contribution in [0.2, 0.25) is 0 Å². The van der Waals surface area contributed by atoms with Crippen LogP contribution in [0.1, 0.15) is 31.9 Å². The molecule has 0 unspecified atom stereocenters. The molecule has 2 nitrogen and oxygen atoms in total. The fourth-order valence-electron chi connectivity index (χ4n) is 7.10. The van der Waals surface area contributed by atoms with Crippen LogP contribution in [0.25, 0.3) is 22.3 Å². The summed E-state index contributed by atoms with van der Waals surface area (Å²) in [5.74, 6) is 1.87. The molecular formula is C41H34BNO. The fourth-order valence-corrected chi connectivity index (χ4v) is 7.10. The van der Waals surface area contributed by atoms with Crippen molar-refractivity contribution >= 4 is 40.2 Å². The molecular weight excluding hydrogens is 533 g/mol. The third kappa shape index (κ3) is 4.18. The fraction of sp³-hybridized carbons (Fsp3) is 0.122. The molecule has 0 saturated carbocycles. The Labute approximate surface area is 260 Å². The van der Waals surface area contributed by atoms with Crippen LogP contribution in [0.5, 0.6) is 11.5 Å². The minimum atomic E-state index is -0.00254. The maximum absolute atomic E-state index is 6.85. The molecule has 2 heterocycles. The smallest absolute Gasteiger partial charge is 0.258 e. The molecule has 8 rings (SSSR count). The molecule has 0 amide bonds. The van der Waals surface area contributed by atoms with Crippen molar-refractivity contribution in [2.45, 2.75) is 33.1 Å². The van der Waals surface area contributed by atoms with Gasteiger partial charge in [0.05, 0.1) is 0 Å². The lowest BCUT2D eigenvalue weighted by Gasteiger charge is -2.42. The average molecular weight is 568 g/mol. The highest BCUT2D eigenvalue weighted by Gasteiger charge is 2.44. The van der Waals surface area contributed by atoms with Crippen molar-refractivity contribution in [3.8, 4) is 33.8 Å². The van der Waals surface area contributed by atoms with Crippen LogP contribution in [0.15, 0.2) is 133 Å². The van der Waals surface area contributed by atoms with Gasteiger partial charge in [-0.15, -0.1) is 0 Å². The molecule has 0 radical (unpaired) electrons. The maximum Gasteiger partial charge on any atom is 0.258 e. The van der Waals surface area contributed by atoms with Crippen LogP contribution in [0.4, 0.5) is 17.1 Å². The first-order valence-electron chi connectivity index (χ1n) is 15.5. The predicted octanol–water partition coefficient (Wildman–Crippen LogP) is 9.03. The number of hydrogen-bond donors (Lipinski definition) is 0. The van der Waals surface area contributed by atoms with Crippen molar-refractivity contribution in [2.24, 2.45) is 0 Å². The summed E-state index contributed by atoms with van der Waals surface area (Å²) in [7, 11) is 0. The van der Waals surface area contributed by atoms with E-state index in [1.807, 2.05) is 0 Å². The van der Waals surface area contributed by atoms with Crippen LogP contribution < -0.4 is 26.0 Å². The second-order valence-electron chi connectivity index (χ2n) is 13.1. The van der Waals surface area contributed by atoms with Gasteiger partial charge in [-0.25, -0.2) is 0 Å². The molecule has 0 saturated heterocycles. The lowest BCUT2D eigenvalue weighted by Crippen LogP contribution is -2.60. The molecule has 2 aliphatic heterocycles. The Bertz CT molecular complexity index is 2030. The molecule has 0 fully saturated rings. The lowest BCUT2D eigenvalue weighted by atomic mass is 9.32. The van der Waals surface area contributed by atoms with Crippen molar-refractivity contribution in [1.82, 2.24) is 0 Å². The van der Waals surface area contributed by atoms with E-state index in [1.165, 1.54) is 61.1 Å². The Balaban J connectivity index is 1.47. The Morgan fingerprint density at radius 2 is 1.16 bits per heavy atom. The number of anilines is 3. The predicted molar refractivity (Wildman–Crippen MR) is 187 cm³/mol. The zero-order chi connectivity index (χ0) is 30.0. The van der Waals surface area contributed by atoms with Gasteiger partial charge in [0, 0.05) is 17.1 Å². The van der Waals surface area contributed by atoms with Crippen LogP contribution in [0.3, 0.4) is 0 Å². The topological polar surface area (TPSA) is 12.5 Å². The standard InChI is InChI=1S/C41H34BNO/c1-27-25-35-40-37(26-27)44-36-20-12-18-33(29-15-9-6-10-16-29)39(36)42(40)38-32(28-13-7-5-8-14-28)17-11-19-34(38)43(35)31-23-21-30(22-24-31)41(2,3)4/h5-26H,1-4H3. The lowest BCUT2D eigenvalue weighted by molar-refractivity contribution is 0.487. The normalized spacial score (nSPS) is 13.1. The molecule has 44 heavy (non-hydrogen) atoms. The second-order valence-corrected chi connectivity index (χ2v) is 13.1. The summed E-state index contributed by atoms with van der Waals surface area (Å²) >= 11 is 0. The minimum Gasteiger partial charge on any atom is -0.458 e. The van der Waals surface area contributed by atoms with Gasteiger partial charge >= 0.3 is 0 Å². The van der Waals surface area contributed by atoms with E-state index in [2.05, 4.69) is 166 Å². The Hall–Kier alpha value is -5.02. The van der Waals surface area contributed by atoms with E-state index in [0.717, 1.165) is 17.2 Å². The quantitative estimate of drug-likeness (QED) is 0.198. The monoisotopic (exact) mass is 567 g/mol. The van der Waals surface area contributed by atoms with Crippen molar-refractivity contribution in [1.29, 1.82) is 0 Å². The van der Waals surface area contributed by atoms with Crippen LogP contribution >= 0.6 is 0 Å². The number of rotatable bonds is 3. The van der Waals surface area contributed by atoms with E-state index >= 15 is 0 Å². The molecule has 0 spiro atoms. The third-order valence-corrected chi connectivity index (χ3v) is 9.14. The first-order valence-corrected chi connectivity index (χ1v) is 15.5. The molecule has 212 valence electrons. The van der Waals surface area contributed by atoms with Gasteiger partial charge in [0.15, 0.2) is 0 Å². The highest BCUT2D eigenvalue weighted by atomic mass is 16.5. The van der Waals surface area contributed by atoms with Crippen molar-refractivity contribution in [2.75, 3.05) is 4.90 Å². The SMILES string of the molecule is Cc1cc2c3c(c1)N(c1ccc(C(C)(C)C)cc1)c1cccc(-c4ccccc4)c1B3c1c(cccc1-c1ccccc1)O2. The highest BCUT2D eigenvalue weighted by Crippen LogP contribution is 2.44. The largest absolute Gasteiger partial charge is 0.458 e. The van der Waals surface area contributed by atoms with Gasteiger partial charge < -0.3 is 9.64 Å². The molecule has 0 aromatic heterocycles. The number of nitrogens with zero attached hydrogens (tertiary/aromatic N) is 1. The molecule has 3 heteroatoms. The van der Waals surface area contributed by atoms with Gasteiger partial charge in [0.25, 0.3) is 6.71 Å². The zero-order valence-corrected chi connectivity index (χ0v) is 25.6. The van der Waals surface area contributed by atoms with Gasteiger partial charge in [-0.3, -0.25) is 0 Å². The number of aryl methyl sites for hydroxylation is 1. The molecule has 0 aliphatic carbocycles. The minimum absolute atomic E-state index is 0.00254. The van der Waals surface area contributed by atoms with Crippen molar-refractivity contribution in [3.05, 3.63) is 145 Å². The number of benzene rings is 6. The Kier molecular flexibility index (Phi) is 6.06. The van der Waals surface area contributed by atoms with E-state index < -0.39 is 0 Å². The highest BCUT2D eigenvalue weighted by molar-refractivity contribution is 7.00. The second kappa shape index (κ2) is 10.0. The van der Waals surface area contributed by atoms with Gasteiger partial charge in [-0.2, -0.15) is 0 Å². The maximum atomic E-state index is 6.85. The summed E-state index contributed by atoms with van der Waals surface area (Å²) in [6.07, 6.45) is 0. The summed E-state index contributed by atoms with van der Waals surface area (Å²) in [6, 6.07) is 48.5. The molecule has 0 atom stereocenters. The number of ether oxygens (including phenoxy) is 1. The van der Waals surface area contributed by atoms with Gasteiger partial charge in [-0.1, -0.05) is 118 Å². The molecule has 0 N–H and O–H groups in total. The Morgan fingerprint density at radius 1 is 0.545 bits per heavy atom. The van der Waals surface area contributed by atoms with Crippen molar-refractivity contribution in [3.63, 3.8) is 0 Å². The summed E-state index contributed by atoms with van der Waals surface area (Å²) < 4.78 is 6.85. The van der Waals surface area contributed by atoms with Crippen LogP contribution in [-0.2, 0) is 5.41 Å². The summed E-state index contributed by atoms with van der Waals surface area (Å²) in [5.41, 5.74) is 14.8. The van der Waals surface area contributed by atoms with E-state index in [4.69, 9.17) is 4.74 Å². The molecule has 2 aliphatic rings. The summed E-state index contributed by atoms with van der Waals surface area (Å²) in [4.78, 5) is 2.45.